The lowest BCUT2D eigenvalue weighted by molar-refractivity contribution is 0.787. The Hall–Kier alpha value is -1.77. The predicted octanol–water partition coefficient (Wildman–Crippen LogP) is 2.66. The van der Waals surface area contributed by atoms with Crippen LogP contribution in [0, 0.1) is 0 Å². The maximum Gasteiger partial charge on any atom is 0.0945 e. The molecule has 3 nitrogen and oxygen atoms in total. The molecule has 0 saturated heterocycles. The highest BCUT2D eigenvalue weighted by Gasteiger charge is 2.03. The summed E-state index contributed by atoms with van der Waals surface area (Å²) in [5.41, 5.74) is 2.88. The minimum absolute atomic E-state index is 0.417. The van der Waals surface area contributed by atoms with Crippen molar-refractivity contribution in [2.24, 2.45) is 0 Å². The summed E-state index contributed by atoms with van der Waals surface area (Å²) >= 11 is 0. The lowest BCUT2D eigenvalue weighted by Crippen LogP contribution is -1.96. The fraction of sp³-hybridized carbons (Fsp3) is 0.250. The first-order valence-electron chi connectivity index (χ1n) is 5.01. The van der Waals surface area contributed by atoms with Crippen LogP contribution in [0.2, 0.25) is 0 Å². The van der Waals surface area contributed by atoms with Gasteiger partial charge in [0.2, 0.25) is 0 Å². The molecule has 0 aliphatic rings. The molecule has 2 aromatic heterocycles. The van der Waals surface area contributed by atoms with Gasteiger partial charge in [-0.05, 0) is 30.2 Å². The van der Waals surface area contributed by atoms with Crippen LogP contribution in [-0.4, -0.2) is 15.2 Å². The van der Waals surface area contributed by atoms with E-state index in [0.717, 1.165) is 17.0 Å². The average molecular weight is 199 g/mol. The van der Waals surface area contributed by atoms with Gasteiger partial charge in [0, 0.05) is 18.0 Å². The van der Waals surface area contributed by atoms with Gasteiger partial charge in [0.1, 0.15) is 0 Å². The molecule has 0 atom stereocenters. The lowest BCUT2D eigenvalue weighted by Gasteiger charge is -2.03. The normalized spacial score (nSPS) is 10.6. The quantitative estimate of drug-likeness (QED) is 0.746. The Kier molecular flexibility index (Phi) is 2.72. The van der Waals surface area contributed by atoms with Gasteiger partial charge < -0.3 is 0 Å². The Labute approximate surface area is 89.2 Å². The van der Waals surface area contributed by atoms with Gasteiger partial charge in [-0.1, -0.05) is 13.8 Å². The molecule has 76 valence electrons. The van der Waals surface area contributed by atoms with Crippen molar-refractivity contribution in [3.63, 3.8) is 0 Å². The Morgan fingerprint density at radius 3 is 2.47 bits per heavy atom. The van der Waals surface area contributed by atoms with Crippen molar-refractivity contribution in [2.45, 2.75) is 19.8 Å². The number of rotatable bonds is 2. The second kappa shape index (κ2) is 4.17. The predicted molar refractivity (Wildman–Crippen MR) is 59.4 cm³/mol. The van der Waals surface area contributed by atoms with Crippen molar-refractivity contribution >= 4 is 0 Å². The van der Waals surface area contributed by atoms with E-state index in [1.54, 1.807) is 12.4 Å². The fourth-order valence-electron chi connectivity index (χ4n) is 1.32. The minimum Gasteiger partial charge on any atom is -0.264 e. The largest absolute Gasteiger partial charge is 0.264 e. The summed E-state index contributed by atoms with van der Waals surface area (Å²) in [7, 11) is 0. The van der Waals surface area contributed by atoms with Gasteiger partial charge in [-0.25, -0.2) is 0 Å². The molecule has 0 bridgehead atoms. The molecule has 0 unspecified atom stereocenters. The third kappa shape index (κ3) is 2.18. The van der Waals surface area contributed by atoms with Crippen LogP contribution in [0.4, 0.5) is 0 Å². The highest BCUT2D eigenvalue weighted by Crippen LogP contribution is 2.16. The van der Waals surface area contributed by atoms with E-state index in [4.69, 9.17) is 0 Å². The van der Waals surface area contributed by atoms with E-state index in [1.807, 2.05) is 24.3 Å². The Morgan fingerprint density at radius 2 is 1.93 bits per heavy atom. The van der Waals surface area contributed by atoms with E-state index >= 15 is 0 Å². The van der Waals surface area contributed by atoms with E-state index in [1.165, 1.54) is 0 Å². The van der Waals surface area contributed by atoms with Crippen molar-refractivity contribution in [3.05, 3.63) is 42.4 Å². The summed E-state index contributed by atoms with van der Waals surface area (Å²) in [6.45, 7) is 4.21. The van der Waals surface area contributed by atoms with E-state index in [-0.39, 0.29) is 0 Å². The highest BCUT2D eigenvalue weighted by molar-refractivity contribution is 5.56. The first kappa shape index (κ1) is 9.77. The first-order valence-corrected chi connectivity index (χ1v) is 5.01. The van der Waals surface area contributed by atoms with Gasteiger partial charge >= 0.3 is 0 Å². The van der Waals surface area contributed by atoms with Crippen LogP contribution in [0.1, 0.15) is 25.5 Å². The molecule has 0 spiro atoms. The number of hydrogen-bond donors (Lipinski definition) is 0. The summed E-state index contributed by atoms with van der Waals surface area (Å²) in [5, 5.41) is 8.36. The van der Waals surface area contributed by atoms with Crippen molar-refractivity contribution in [2.75, 3.05) is 0 Å². The van der Waals surface area contributed by atoms with Crippen molar-refractivity contribution in [1.82, 2.24) is 15.2 Å². The molecule has 0 fully saturated rings. The summed E-state index contributed by atoms with van der Waals surface area (Å²) < 4.78 is 0. The second-order valence-electron chi connectivity index (χ2n) is 3.74. The number of pyridine rings is 1. The van der Waals surface area contributed by atoms with Crippen molar-refractivity contribution < 1.29 is 0 Å². The topological polar surface area (TPSA) is 38.7 Å². The van der Waals surface area contributed by atoms with E-state index in [9.17, 15) is 0 Å². The maximum atomic E-state index is 4.18. The van der Waals surface area contributed by atoms with Crippen molar-refractivity contribution in [3.8, 4) is 11.3 Å². The molecule has 0 amide bonds. The SMILES string of the molecule is CC(C)c1ccc(-c2cccnc2)nn1. The van der Waals surface area contributed by atoms with Crippen LogP contribution in [0.15, 0.2) is 36.7 Å². The van der Waals surface area contributed by atoms with Gasteiger partial charge in [0.25, 0.3) is 0 Å². The molecule has 0 aromatic carbocycles. The number of hydrogen-bond acceptors (Lipinski definition) is 3. The molecule has 2 rings (SSSR count). The van der Waals surface area contributed by atoms with Gasteiger partial charge in [-0.15, -0.1) is 0 Å². The van der Waals surface area contributed by atoms with Crippen LogP contribution >= 0.6 is 0 Å². The maximum absolute atomic E-state index is 4.18. The molecule has 0 aliphatic heterocycles. The molecule has 15 heavy (non-hydrogen) atoms. The smallest absolute Gasteiger partial charge is 0.0945 e. The number of nitrogens with zero attached hydrogens (tertiary/aromatic N) is 3. The van der Waals surface area contributed by atoms with Crippen LogP contribution in [-0.2, 0) is 0 Å². The zero-order valence-corrected chi connectivity index (χ0v) is 8.88. The molecule has 0 aliphatic carbocycles. The van der Waals surface area contributed by atoms with Gasteiger partial charge in [-0.3, -0.25) is 4.98 Å². The van der Waals surface area contributed by atoms with Crippen molar-refractivity contribution in [1.29, 1.82) is 0 Å². The monoisotopic (exact) mass is 199 g/mol. The van der Waals surface area contributed by atoms with E-state index < -0.39 is 0 Å². The zero-order valence-electron chi connectivity index (χ0n) is 8.88. The standard InChI is InChI=1S/C12H13N3/c1-9(2)11-5-6-12(15-14-11)10-4-3-7-13-8-10/h3-9H,1-2H3. The van der Waals surface area contributed by atoms with E-state index in [0.29, 0.717) is 5.92 Å². The molecule has 0 radical (unpaired) electrons. The first-order chi connectivity index (χ1) is 7.27. The Morgan fingerprint density at radius 1 is 1.07 bits per heavy atom. The summed E-state index contributed by atoms with van der Waals surface area (Å²) in [6.07, 6.45) is 3.54. The fourth-order valence-corrected chi connectivity index (χ4v) is 1.32. The minimum atomic E-state index is 0.417. The molecular formula is C12H13N3. The van der Waals surface area contributed by atoms with E-state index in [2.05, 4.69) is 29.0 Å². The summed E-state index contributed by atoms with van der Waals surface area (Å²) in [4.78, 5) is 4.05. The number of aromatic nitrogens is 3. The Bertz CT molecular complexity index is 420. The molecule has 0 saturated carbocycles. The van der Waals surface area contributed by atoms with Gasteiger partial charge in [0.05, 0.1) is 11.4 Å². The van der Waals surface area contributed by atoms with Crippen LogP contribution in [0.25, 0.3) is 11.3 Å². The van der Waals surface area contributed by atoms with Crippen LogP contribution in [0.3, 0.4) is 0 Å². The van der Waals surface area contributed by atoms with Gasteiger partial charge in [-0.2, -0.15) is 10.2 Å². The second-order valence-corrected chi connectivity index (χ2v) is 3.74. The molecular weight excluding hydrogens is 186 g/mol. The van der Waals surface area contributed by atoms with Crippen LogP contribution in [0.5, 0.6) is 0 Å². The molecule has 0 N–H and O–H groups in total. The highest BCUT2D eigenvalue weighted by atomic mass is 15.1. The zero-order chi connectivity index (χ0) is 10.7. The lowest BCUT2D eigenvalue weighted by atomic mass is 10.1. The third-order valence-electron chi connectivity index (χ3n) is 2.23. The molecule has 3 heteroatoms. The Balaban J connectivity index is 2.32. The van der Waals surface area contributed by atoms with Crippen LogP contribution < -0.4 is 0 Å². The van der Waals surface area contributed by atoms with Gasteiger partial charge in [0.15, 0.2) is 0 Å². The summed E-state index contributed by atoms with van der Waals surface area (Å²) in [5.74, 6) is 0.417. The molecule has 2 heterocycles. The average Bonchev–Trinajstić information content (AvgIpc) is 2.30. The summed E-state index contributed by atoms with van der Waals surface area (Å²) in [6, 6.07) is 7.87. The molecule has 2 aromatic rings. The third-order valence-corrected chi connectivity index (χ3v) is 2.23.